The molecule has 0 N–H and O–H groups in total. The van der Waals surface area contributed by atoms with E-state index in [0.29, 0.717) is 0 Å². The van der Waals surface area contributed by atoms with Crippen LogP contribution >= 0.6 is 0 Å². The lowest BCUT2D eigenvalue weighted by atomic mass is 10.2. The Labute approximate surface area is 145 Å². The summed E-state index contributed by atoms with van der Waals surface area (Å²) in [5.41, 5.74) is 0. The van der Waals surface area contributed by atoms with Crippen molar-refractivity contribution in [3.05, 3.63) is 0 Å². The highest BCUT2D eigenvalue weighted by Crippen LogP contribution is 2.37. The van der Waals surface area contributed by atoms with Crippen LogP contribution < -0.4 is 0 Å². The van der Waals surface area contributed by atoms with Crippen molar-refractivity contribution in [3.63, 3.8) is 0 Å². The molecule has 7 nitrogen and oxygen atoms in total. The van der Waals surface area contributed by atoms with Crippen molar-refractivity contribution < 1.29 is 33.0 Å². The van der Waals surface area contributed by atoms with Crippen LogP contribution in [0.15, 0.2) is 0 Å². The zero-order valence-corrected chi connectivity index (χ0v) is 16.9. The van der Waals surface area contributed by atoms with Crippen LogP contribution in [0.4, 0.5) is 4.79 Å². The van der Waals surface area contributed by atoms with E-state index in [-0.39, 0.29) is 18.3 Å². The molecule has 2 atom stereocenters. The maximum Gasteiger partial charge on any atom is 0.516 e. The Balaban J connectivity index is 2.76. The van der Waals surface area contributed by atoms with E-state index in [1.807, 2.05) is 0 Å². The quantitative estimate of drug-likeness (QED) is 0.422. The highest BCUT2D eigenvalue weighted by Gasteiger charge is 2.48. The minimum absolute atomic E-state index is 0.0307. The van der Waals surface area contributed by atoms with Crippen LogP contribution in [0.5, 0.6) is 0 Å². The molecular formula is C16H30O7Si. The van der Waals surface area contributed by atoms with Crippen LogP contribution in [0.1, 0.15) is 41.5 Å². The van der Waals surface area contributed by atoms with E-state index < -0.39 is 38.4 Å². The van der Waals surface area contributed by atoms with Crippen molar-refractivity contribution in [2.24, 2.45) is 0 Å². The molecule has 1 aliphatic heterocycles. The number of carbonyl (C=O) groups is 2. The van der Waals surface area contributed by atoms with Gasteiger partial charge in [-0.3, -0.25) is 0 Å². The van der Waals surface area contributed by atoms with E-state index in [2.05, 4.69) is 43.3 Å². The SMILES string of the molecule is CCOC(=O)OC(=O)[C@@H]1OC(C)(C)O[C@H]1CO[Si](C)(C)C(C)(C)C. The van der Waals surface area contributed by atoms with Gasteiger partial charge in [0.25, 0.3) is 0 Å². The third-order valence-corrected chi connectivity index (χ3v) is 8.78. The van der Waals surface area contributed by atoms with Gasteiger partial charge < -0.3 is 23.4 Å². The van der Waals surface area contributed by atoms with E-state index in [0.717, 1.165) is 0 Å². The Morgan fingerprint density at radius 2 is 1.75 bits per heavy atom. The van der Waals surface area contributed by atoms with Crippen molar-refractivity contribution in [3.8, 4) is 0 Å². The summed E-state index contributed by atoms with van der Waals surface area (Å²) >= 11 is 0. The molecule has 24 heavy (non-hydrogen) atoms. The summed E-state index contributed by atoms with van der Waals surface area (Å²) in [6.07, 6.45) is -2.72. The molecule has 0 amide bonds. The van der Waals surface area contributed by atoms with Crippen molar-refractivity contribution in [1.29, 1.82) is 0 Å². The highest BCUT2D eigenvalue weighted by molar-refractivity contribution is 6.74. The summed E-state index contributed by atoms with van der Waals surface area (Å²) in [4.78, 5) is 23.5. The third-order valence-electron chi connectivity index (χ3n) is 4.28. The first kappa shape index (κ1) is 21.1. The average Bonchev–Trinajstić information content (AvgIpc) is 2.71. The normalized spacial score (nSPS) is 23.8. The van der Waals surface area contributed by atoms with Crippen molar-refractivity contribution >= 4 is 20.4 Å². The summed E-state index contributed by atoms with van der Waals surface area (Å²) < 4.78 is 26.7. The van der Waals surface area contributed by atoms with Gasteiger partial charge in [-0.05, 0) is 38.9 Å². The summed E-state index contributed by atoms with van der Waals surface area (Å²) in [5.74, 6) is -1.79. The van der Waals surface area contributed by atoms with Gasteiger partial charge in [0, 0.05) is 0 Å². The van der Waals surface area contributed by atoms with Gasteiger partial charge in [0.2, 0.25) is 0 Å². The van der Waals surface area contributed by atoms with Gasteiger partial charge in [0.05, 0.1) is 13.2 Å². The van der Waals surface area contributed by atoms with E-state index in [1.54, 1.807) is 20.8 Å². The molecule has 0 bridgehead atoms. The molecular weight excluding hydrogens is 332 g/mol. The Bertz CT molecular complexity index is 468. The van der Waals surface area contributed by atoms with Gasteiger partial charge in [-0.15, -0.1) is 0 Å². The molecule has 0 aliphatic carbocycles. The molecule has 1 heterocycles. The van der Waals surface area contributed by atoms with Crippen LogP contribution in [-0.2, 0) is 28.2 Å². The predicted molar refractivity (Wildman–Crippen MR) is 90.1 cm³/mol. The number of ether oxygens (including phenoxy) is 4. The zero-order chi connectivity index (χ0) is 18.8. The molecule has 8 heteroatoms. The van der Waals surface area contributed by atoms with E-state index in [1.165, 1.54) is 0 Å². The molecule has 0 unspecified atom stereocenters. The molecule has 1 fully saturated rings. The fraction of sp³-hybridized carbons (Fsp3) is 0.875. The van der Waals surface area contributed by atoms with Gasteiger partial charge in [0.15, 0.2) is 20.2 Å². The van der Waals surface area contributed by atoms with Crippen LogP contribution in [0.2, 0.25) is 18.1 Å². The van der Waals surface area contributed by atoms with Gasteiger partial charge in [0.1, 0.15) is 6.10 Å². The lowest BCUT2D eigenvalue weighted by Gasteiger charge is -2.37. The van der Waals surface area contributed by atoms with Gasteiger partial charge in [-0.2, -0.15) is 0 Å². The second-order valence-corrected chi connectivity index (χ2v) is 12.6. The van der Waals surface area contributed by atoms with Crippen molar-refractivity contribution in [2.45, 2.75) is 77.7 Å². The van der Waals surface area contributed by atoms with Gasteiger partial charge >= 0.3 is 12.1 Å². The first-order valence-corrected chi connectivity index (χ1v) is 11.1. The second kappa shape index (κ2) is 7.51. The molecule has 0 aromatic carbocycles. The first-order valence-electron chi connectivity index (χ1n) is 8.17. The molecule has 0 aromatic rings. The monoisotopic (exact) mass is 362 g/mol. The Morgan fingerprint density at radius 1 is 1.17 bits per heavy atom. The summed E-state index contributed by atoms with van der Waals surface area (Å²) in [7, 11) is -2.01. The zero-order valence-electron chi connectivity index (χ0n) is 15.9. The lowest BCUT2D eigenvalue weighted by molar-refractivity contribution is -0.167. The molecule has 1 saturated heterocycles. The second-order valence-electron chi connectivity index (χ2n) is 7.77. The first-order chi connectivity index (χ1) is 10.8. The standard InChI is InChI=1S/C16H30O7Si/c1-9-19-14(18)21-13(17)12-11(22-16(5,6)23-12)10-20-24(7,8)15(2,3)4/h11-12H,9-10H2,1-8H3/t11-,12+/m0/s1. The lowest BCUT2D eigenvalue weighted by Crippen LogP contribution is -2.45. The average molecular weight is 362 g/mol. The summed E-state index contributed by atoms with van der Waals surface area (Å²) in [6.45, 7) is 15.9. The largest absolute Gasteiger partial charge is 0.516 e. The van der Waals surface area contributed by atoms with Gasteiger partial charge in [-0.25, -0.2) is 9.59 Å². The molecule has 0 saturated carbocycles. The number of hydrogen-bond donors (Lipinski definition) is 0. The fourth-order valence-electron chi connectivity index (χ4n) is 1.95. The molecule has 0 aromatic heterocycles. The number of carbonyl (C=O) groups excluding carboxylic acids is 2. The van der Waals surface area contributed by atoms with E-state index in [9.17, 15) is 9.59 Å². The molecule has 140 valence electrons. The molecule has 1 rings (SSSR count). The number of hydrogen-bond acceptors (Lipinski definition) is 7. The Hall–Kier alpha value is -0.963. The van der Waals surface area contributed by atoms with E-state index >= 15 is 0 Å². The van der Waals surface area contributed by atoms with Crippen LogP contribution in [0, 0.1) is 0 Å². The predicted octanol–water partition coefficient (Wildman–Crippen LogP) is 3.23. The number of rotatable bonds is 5. The van der Waals surface area contributed by atoms with Crippen molar-refractivity contribution in [2.75, 3.05) is 13.2 Å². The van der Waals surface area contributed by atoms with Crippen LogP contribution in [-0.4, -0.2) is 51.7 Å². The smallest absolute Gasteiger partial charge is 0.434 e. The highest BCUT2D eigenvalue weighted by atomic mass is 28.4. The van der Waals surface area contributed by atoms with E-state index in [4.69, 9.17) is 13.9 Å². The Morgan fingerprint density at radius 3 is 2.25 bits per heavy atom. The van der Waals surface area contributed by atoms with Crippen molar-refractivity contribution in [1.82, 2.24) is 0 Å². The number of esters is 1. The minimum atomic E-state index is -2.01. The summed E-state index contributed by atoms with van der Waals surface area (Å²) in [5, 5.41) is 0.0307. The third kappa shape index (κ3) is 5.54. The van der Waals surface area contributed by atoms with Gasteiger partial charge in [-0.1, -0.05) is 20.8 Å². The van der Waals surface area contributed by atoms with Crippen LogP contribution in [0.3, 0.4) is 0 Å². The fourth-order valence-corrected chi connectivity index (χ4v) is 2.97. The molecule has 0 spiro atoms. The maximum atomic E-state index is 12.2. The van der Waals surface area contributed by atoms with Crippen LogP contribution in [0.25, 0.3) is 0 Å². The molecule has 0 radical (unpaired) electrons. The maximum absolute atomic E-state index is 12.2. The topological polar surface area (TPSA) is 80.3 Å². The Kier molecular flexibility index (Phi) is 6.60. The summed E-state index contributed by atoms with van der Waals surface area (Å²) in [6, 6.07) is 0. The minimum Gasteiger partial charge on any atom is -0.434 e. The molecule has 1 aliphatic rings.